The molecule has 0 aliphatic heterocycles. The number of rotatable bonds is 2. The summed E-state index contributed by atoms with van der Waals surface area (Å²) in [5, 5.41) is 0. The maximum Gasteiger partial charge on any atom is -0.0257 e. The van der Waals surface area contributed by atoms with E-state index in [0.717, 1.165) is 6.42 Å². The van der Waals surface area contributed by atoms with E-state index in [-0.39, 0.29) is 0 Å². The lowest BCUT2D eigenvalue weighted by molar-refractivity contribution is 1.16. The van der Waals surface area contributed by atoms with Gasteiger partial charge in [0.1, 0.15) is 0 Å². The van der Waals surface area contributed by atoms with Crippen molar-refractivity contribution in [2.45, 2.75) is 13.3 Å². The fourth-order valence-electron chi connectivity index (χ4n) is 0.887. The first-order chi connectivity index (χ1) is 5.33. The van der Waals surface area contributed by atoms with Crippen LogP contribution >= 0.6 is 0 Å². The quantitative estimate of drug-likeness (QED) is 0.599. The van der Waals surface area contributed by atoms with Gasteiger partial charge in [0.15, 0.2) is 0 Å². The third-order valence-electron chi connectivity index (χ3n) is 1.62. The first kappa shape index (κ1) is 8.06. The van der Waals surface area contributed by atoms with Crippen molar-refractivity contribution in [3.8, 4) is 0 Å². The van der Waals surface area contributed by atoms with E-state index in [0.29, 0.717) is 0 Å². The van der Waals surface area contributed by atoms with E-state index in [1.807, 2.05) is 18.2 Å². The molecular formula is C11H13. The van der Waals surface area contributed by atoms with Crippen LogP contribution in [0.1, 0.15) is 18.9 Å². The van der Waals surface area contributed by atoms with E-state index < -0.39 is 0 Å². The second-order valence-electron chi connectivity index (χ2n) is 2.57. The Hall–Kier alpha value is -1.04. The van der Waals surface area contributed by atoms with Crippen LogP contribution in [0.15, 0.2) is 35.9 Å². The molecular weight excluding hydrogens is 132 g/mol. The molecule has 0 aromatic heterocycles. The van der Waals surface area contributed by atoms with Crippen LogP contribution in [0, 0.1) is 6.92 Å². The summed E-state index contributed by atoms with van der Waals surface area (Å²) in [4.78, 5) is 0. The SMILES string of the molecule is [CH2]C(=Cc1ccccc1)CC. The summed E-state index contributed by atoms with van der Waals surface area (Å²) in [5.74, 6) is 0. The van der Waals surface area contributed by atoms with Crippen molar-refractivity contribution in [1.82, 2.24) is 0 Å². The summed E-state index contributed by atoms with van der Waals surface area (Å²) < 4.78 is 0. The van der Waals surface area contributed by atoms with Gasteiger partial charge in [0, 0.05) is 0 Å². The zero-order valence-corrected chi connectivity index (χ0v) is 6.88. The maximum absolute atomic E-state index is 3.91. The molecule has 0 heterocycles. The predicted octanol–water partition coefficient (Wildman–Crippen LogP) is 3.31. The molecule has 57 valence electrons. The Labute approximate surface area is 68.6 Å². The molecule has 1 radical (unpaired) electrons. The molecule has 0 heteroatoms. The molecule has 0 unspecified atom stereocenters. The summed E-state index contributed by atoms with van der Waals surface area (Å²) in [7, 11) is 0. The summed E-state index contributed by atoms with van der Waals surface area (Å²) in [6.07, 6.45) is 3.13. The third kappa shape index (κ3) is 2.58. The molecule has 0 aliphatic rings. The van der Waals surface area contributed by atoms with Gasteiger partial charge in [-0.15, -0.1) is 0 Å². The molecule has 0 N–H and O–H groups in total. The number of hydrogen-bond acceptors (Lipinski definition) is 0. The van der Waals surface area contributed by atoms with Crippen molar-refractivity contribution in [2.24, 2.45) is 0 Å². The lowest BCUT2D eigenvalue weighted by atomic mass is 10.1. The van der Waals surface area contributed by atoms with Crippen molar-refractivity contribution in [2.75, 3.05) is 0 Å². The highest BCUT2D eigenvalue weighted by Crippen LogP contribution is 2.07. The Bertz CT molecular complexity index is 231. The molecule has 1 aromatic carbocycles. The third-order valence-corrected chi connectivity index (χ3v) is 1.62. The van der Waals surface area contributed by atoms with Crippen molar-refractivity contribution in [3.63, 3.8) is 0 Å². The lowest BCUT2D eigenvalue weighted by Crippen LogP contribution is -1.73. The summed E-state index contributed by atoms with van der Waals surface area (Å²) in [5.41, 5.74) is 2.41. The highest BCUT2D eigenvalue weighted by Gasteiger charge is 1.85. The smallest absolute Gasteiger partial charge is 0.0257 e. The average Bonchev–Trinajstić information content (AvgIpc) is 2.06. The van der Waals surface area contributed by atoms with Crippen LogP contribution in [0.2, 0.25) is 0 Å². The zero-order chi connectivity index (χ0) is 8.10. The van der Waals surface area contributed by atoms with E-state index in [1.165, 1.54) is 11.1 Å². The van der Waals surface area contributed by atoms with Gasteiger partial charge in [0.05, 0.1) is 0 Å². The van der Waals surface area contributed by atoms with Gasteiger partial charge < -0.3 is 0 Å². The standard InChI is InChI=1S/C11H13/c1-3-10(2)9-11-7-5-4-6-8-11/h4-9H,2-3H2,1H3. The van der Waals surface area contributed by atoms with E-state index in [4.69, 9.17) is 0 Å². The van der Waals surface area contributed by atoms with Gasteiger partial charge in [0.2, 0.25) is 0 Å². The van der Waals surface area contributed by atoms with Gasteiger partial charge >= 0.3 is 0 Å². The van der Waals surface area contributed by atoms with E-state index >= 15 is 0 Å². The lowest BCUT2D eigenvalue weighted by Gasteiger charge is -1.94. The van der Waals surface area contributed by atoms with E-state index in [1.54, 1.807) is 0 Å². The molecule has 0 nitrogen and oxygen atoms in total. The summed E-state index contributed by atoms with van der Waals surface area (Å²) >= 11 is 0. The Morgan fingerprint density at radius 2 is 2.00 bits per heavy atom. The molecule has 0 aliphatic carbocycles. The number of benzene rings is 1. The Morgan fingerprint density at radius 1 is 1.36 bits per heavy atom. The van der Waals surface area contributed by atoms with Gasteiger partial charge in [0.25, 0.3) is 0 Å². The second kappa shape index (κ2) is 3.97. The highest BCUT2D eigenvalue weighted by atomic mass is 13.9. The van der Waals surface area contributed by atoms with Crippen molar-refractivity contribution in [1.29, 1.82) is 0 Å². The molecule has 1 rings (SSSR count). The van der Waals surface area contributed by atoms with Gasteiger partial charge in [-0.05, 0) is 18.9 Å². The minimum atomic E-state index is 1.02. The Kier molecular flexibility index (Phi) is 2.91. The molecule has 1 aromatic rings. The predicted molar refractivity (Wildman–Crippen MR) is 50.1 cm³/mol. The fraction of sp³-hybridized carbons (Fsp3) is 0.182. The van der Waals surface area contributed by atoms with Crippen molar-refractivity contribution >= 4 is 6.08 Å². The average molecular weight is 145 g/mol. The van der Waals surface area contributed by atoms with Gasteiger partial charge in [-0.2, -0.15) is 0 Å². The summed E-state index contributed by atoms with van der Waals surface area (Å²) in [6, 6.07) is 10.3. The van der Waals surface area contributed by atoms with Crippen LogP contribution < -0.4 is 0 Å². The highest BCUT2D eigenvalue weighted by molar-refractivity contribution is 5.53. The maximum atomic E-state index is 3.91. The topological polar surface area (TPSA) is 0 Å². The zero-order valence-electron chi connectivity index (χ0n) is 6.88. The molecule has 11 heavy (non-hydrogen) atoms. The Morgan fingerprint density at radius 3 is 2.55 bits per heavy atom. The monoisotopic (exact) mass is 145 g/mol. The molecule has 0 fully saturated rings. The van der Waals surface area contributed by atoms with Gasteiger partial charge in [-0.1, -0.05) is 48.9 Å². The van der Waals surface area contributed by atoms with Crippen molar-refractivity contribution < 1.29 is 0 Å². The van der Waals surface area contributed by atoms with E-state index in [2.05, 4.69) is 32.1 Å². The van der Waals surface area contributed by atoms with E-state index in [9.17, 15) is 0 Å². The van der Waals surface area contributed by atoms with Crippen LogP contribution in [-0.2, 0) is 0 Å². The minimum Gasteiger partial charge on any atom is -0.0696 e. The van der Waals surface area contributed by atoms with Crippen LogP contribution in [0.3, 0.4) is 0 Å². The molecule has 0 saturated carbocycles. The van der Waals surface area contributed by atoms with Crippen LogP contribution in [0.25, 0.3) is 6.08 Å². The fourth-order valence-corrected chi connectivity index (χ4v) is 0.887. The van der Waals surface area contributed by atoms with Gasteiger partial charge in [-0.25, -0.2) is 0 Å². The summed E-state index contributed by atoms with van der Waals surface area (Å²) in [6.45, 7) is 6.03. The van der Waals surface area contributed by atoms with Crippen LogP contribution in [0.5, 0.6) is 0 Å². The van der Waals surface area contributed by atoms with Gasteiger partial charge in [-0.3, -0.25) is 0 Å². The largest absolute Gasteiger partial charge is 0.0696 e. The first-order valence-electron chi connectivity index (χ1n) is 3.90. The molecule has 0 spiro atoms. The van der Waals surface area contributed by atoms with Crippen LogP contribution in [-0.4, -0.2) is 0 Å². The second-order valence-corrected chi connectivity index (χ2v) is 2.57. The van der Waals surface area contributed by atoms with Crippen molar-refractivity contribution in [3.05, 3.63) is 48.4 Å². The minimum absolute atomic E-state index is 1.02. The first-order valence-corrected chi connectivity index (χ1v) is 3.90. The van der Waals surface area contributed by atoms with Crippen LogP contribution in [0.4, 0.5) is 0 Å². The normalized spacial score (nSPS) is 11.6. The number of allylic oxidation sites excluding steroid dienone is 1. The molecule has 0 saturated heterocycles. The Balaban J connectivity index is 2.79. The molecule has 0 atom stereocenters. The molecule has 0 bridgehead atoms. The molecule has 0 amide bonds. The number of hydrogen-bond donors (Lipinski definition) is 0.